The van der Waals surface area contributed by atoms with E-state index in [1.165, 1.54) is 25.7 Å². The molecule has 0 aliphatic carbocycles. The van der Waals surface area contributed by atoms with Gasteiger partial charge in [-0.15, -0.1) is 0 Å². The molecule has 80 valence electrons. The third kappa shape index (κ3) is 2.47. The minimum absolute atomic E-state index is 0.250. The first-order valence-electron chi connectivity index (χ1n) is 5.89. The summed E-state index contributed by atoms with van der Waals surface area (Å²) >= 11 is 0. The molecule has 2 rings (SSSR count). The van der Waals surface area contributed by atoms with Crippen molar-refractivity contribution in [1.29, 1.82) is 0 Å². The van der Waals surface area contributed by atoms with Gasteiger partial charge in [-0.25, -0.2) is 0 Å². The Morgan fingerprint density at radius 3 is 2.57 bits per heavy atom. The number of hydrogen-bond acceptors (Lipinski definition) is 2. The molecule has 3 nitrogen and oxygen atoms in total. The minimum atomic E-state index is 0.250. The van der Waals surface area contributed by atoms with Crippen molar-refractivity contribution in [3.05, 3.63) is 0 Å². The smallest absolute Gasteiger partial charge is 0.220 e. The van der Waals surface area contributed by atoms with E-state index >= 15 is 0 Å². The van der Waals surface area contributed by atoms with Crippen molar-refractivity contribution < 1.29 is 4.79 Å². The van der Waals surface area contributed by atoms with Crippen LogP contribution in [0.1, 0.15) is 44.9 Å². The van der Waals surface area contributed by atoms with Crippen molar-refractivity contribution in [2.45, 2.75) is 57.0 Å². The van der Waals surface area contributed by atoms with Crippen molar-refractivity contribution in [2.75, 3.05) is 6.54 Å². The van der Waals surface area contributed by atoms with Crippen LogP contribution >= 0.6 is 0 Å². The third-order valence-corrected chi connectivity index (χ3v) is 3.35. The molecule has 0 aromatic heterocycles. The van der Waals surface area contributed by atoms with Crippen molar-refractivity contribution in [3.63, 3.8) is 0 Å². The van der Waals surface area contributed by atoms with Crippen LogP contribution in [-0.2, 0) is 4.79 Å². The van der Waals surface area contributed by atoms with Crippen LogP contribution < -0.4 is 10.6 Å². The van der Waals surface area contributed by atoms with E-state index in [0.717, 1.165) is 25.8 Å². The Morgan fingerprint density at radius 2 is 1.79 bits per heavy atom. The summed E-state index contributed by atoms with van der Waals surface area (Å²) in [6.07, 6.45) is 7.97. The van der Waals surface area contributed by atoms with Gasteiger partial charge in [0.1, 0.15) is 0 Å². The summed E-state index contributed by atoms with van der Waals surface area (Å²) in [4.78, 5) is 11.4. The Kier molecular flexibility index (Phi) is 3.40. The number of carbonyl (C=O) groups is 1. The van der Waals surface area contributed by atoms with E-state index in [9.17, 15) is 4.79 Å². The SMILES string of the molecule is O=C1CCCC[C@H]([C@H]2CCCCN2)N1. The molecule has 0 aromatic rings. The van der Waals surface area contributed by atoms with Crippen LogP contribution in [0.3, 0.4) is 0 Å². The van der Waals surface area contributed by atoms with E-state index in [2.05, 4.69) is 10.6 Å². The Hall–Kier alpha value is -0.570. The summed E-state index contributed by atoms with van der Waals surface area (Å²) in [6, 6.07) is 0.927. The largest absolute Gasteiger partial charge is 0.352 e. The predicted molar refractivity (Wildman–Crippen MR) is 56.0 cm³/mol. The molecule has 0 saturated carbocycles. The Labute approximate surface area is 85.6 Å². The fourth-order valence-electron chi connectivity index (χ4n) is 2.52. The molecule has 2 N–H and O–H groups in total. The molecule has 2 aliphatic rings. The summed E-state index contributed by atoms with van der Waals surface area (Å²) in [5, 5.41) is 6.67. The molecule has 2 atom stereocenters. The molecule has 2 aliphatic heterocycles. The van der Waals surface area contributed by atoms with Crippen LogP contribution in [0.25, 0.3) is 0 Å². The summed E-state index contributed by atoms with van der Waals surface area (Å²) < 4.78 is 0. The highest BCUT2D eigenvalue weighted by molar-refractivity contribution is 5.76. The topological polar surface area (TPSA) is 41.1 Å². The lowest BCUT2D eigenvalue weighted by atomic mass is 9.95. The first-order valence-corrected chi connectivity index (χ1v) is 5.89. The van der Waals surface area contributed by atoms with Gasteiger partial charge in [-0.3, -0.25) is 4.79 Å². The molecule has 14 heavy (non-hydrogen) atoms. The number of amides is 1. The highest BCUT2D eigenvalue weighted by atomic mass is 16.1. The van der Waals surface area contributed by atoms with Crippen molar-refractivity contribution in [3.8, 4) is 0 Å². The molecule has 0 aromatic carbocycles. The Bertz CT molecular complexity index is 199. The van der Waals surface area contributed by atoms with Crippen molar-refractivity contribution in [1.82, 2.24) is 10.6 Å². The number of rotatable bonds is 1. The van der Waals surface area contributed by atoms with Gasteiger partial charge in [0.2, 0.25) is 5.91 Å². The predicted octanol–water partition coefficient (Wildman–Crippen LogP) is 1.19. The number of hydrogen-bond donors (Lipinski definition) is 2. The van der Waals surface area contributed by atoms with E-state index in [1.807, 2.05) is 0 Å². The molecule has 2 saturated heterocycles. The van der Waals surface area contributed by atoms with Gasteiger partial charge in [-0.05, 0) is 32.2 Å². The molecular formula is C11H20N2O. The van der Waals surface area contributed by atoms with Crippen LogP contribution in [0, 0.1) is 0 Å². The third-order valence-electron chi connectivity index (χ3n) is 3.35. The van der Waals surface area contributed by atoms with E-state index in [0.29, 0.717) is 12.1 Å². The first-order chi connectivity index (χ1) is 6.86. The Balaban J connectivity index is 1.90. The fraction of sp³-hybridized carbons (Fsp3) is 0.909. The van der Waals surface area contributed by atoms with Gasteiger partial charge in [-0.2, -0.15) is 0 Å². The second-order valence-electron chi connectivity index (χ2n) is 4.48. The molecule has 0 radical (unpaired) electrons. The van der Waals surface area contributed by atoms with Gasteiger partial charge < -0.3 is 10.6 Å². The highest BCUT2D eigenvalue weighted by Gasteiger charge is 2.25. The van der Waals surface area contributed by atoms with Gasteiger partial charge in [0.15, 0.2) is 0 Å². The van der Waals surface area contributed by atoms with E-state index in [1.54, 1.807) is 0 Å². The molecule has 2 fully saturated rings. The zero-order valence-corrected chi connectivity index (χ0v) is 8.72. The normalized spacial score (nSPS) is 34.7. The first kappa shape index (κ1) is 9.97. The maximum absolute atomic E-state index is 11.4. The van der Waals surface area contributed by atoms with E-state index in [-0.39, 0.29) is 5.91 Å². The van der Waals surface area contributed by atoms with Gasteiger partial charge in [0, 0.05) is 18.5 Å². The lowest BCUT2D eigenvalue weighted by Gasteiger charge is -2.31. The van der Waals surface area contributed by atoms with Gasteiger partial charge in [0.25, 0.3) is 0 Å². The quantitative estimate of drug-likeness (QED) is 0.661. The summed E-state index contributed by atoms with van der Waals surface area (Å²) in [5.41, 5.74) is 0. The van der Waals surface area contributed by atoms with Crippen molar-refractivity contribution >= 4 is 5.91 Å². The highest BCUT2D eigenvalue weighted by Crippen LogP contribution is 2.17. The zero-order valence-electron chi connectivity index (χ0n) is 8.72. The lowest BCUT2D eigenvalue weighted by molar-refractivity contribution is -0.121. The summed E-state index contributed by atoms with van der Waals surface area (Å²) in [7, 11) is 0. The average Bonchev–Trinajstić information content (AvgIpc) is 2.44. The summed E-state index contributed by atoms with van der Waals surface area (Å²) in [6.45, 7) is 1.12. The van der Waals surface area contributed by atoms with Crippen LogP contribution in [0.5, 0.6) is 0 Å². The van der Waals surface area contributed by atoms with Crippen LogP contribution in [0.2, 0.25) is 0 Å². The average molecular weight is 196 g/mol. The monoisotopic (exact) mass is 196 g/mol. The summed E-state index contributed by atoms with van der Waals surface area (Å²) in [5.74, 6) is 0.250. The fourth-order valence-corrected chi connectivity index (χ4v) is 2.52. The molecule has 3 heteroatoms. The lowest BCUT2D eigenvalue weighted by Crippen LogP contribution is -2.50. The molecule has 1 amide bonds. The standard InChI is InChI=1S/C11H20N2O/c14-11-7-2-1-6-10(13-11)9-5-3-4-8-12-9/h9-10,12H,1-8H2,(H,13,14)/t9-,10-/m1/s1. The molecule has 0 bridgehead atoms. The van der Waals surface area contributed by atoms with Gasteiger partial charge in [0.05, 0.1) is 0 Å². The van der Waals surface area contributed by atoms with Crippen molar-refractivity contribution in [2.24, 2.45) is 0 Å². The zero-order chi connectivity index (χ0) is 9.80. The second kappa shape index (κ2) is 4.78. The molecule has 0 spiro atoms. The minimum Gasteiger partial charge on any atom is -0.352 e. The second-order valence-corrected chi connectivity index (χ2v) is 4.48. The maximum atomic E-state index is 11.4. The maximum Gasteiger partial charge on any atom is 0.220 e. The molecule has 2 heterocycles. The van der Waals surface area contributed by atoms with Crippen LogP contribution in [-0.4, -0.2) is 24.5 Å². The number of nitrogens with one attached hydrogen (secondary N) is 2. The number of carbonyl (C=O) groups excluding carboxylic acids is 1. The van der Waals surface area contributed by atoms with Gasteiger partial charge in [-0.1, -0.05) is 12.8 Å². The van der Waals surface area contributed by atoms with Crippen LogP contribution in [0.15, 0.2) is 0 Å². The van der Waals surface area contributed by atoms with E-state index in [4.69, 9.17) is 0 Å². The molecular weight excluding hydrogens is 176 g/mol. The molecule has 0 unspecified atom stereocenters. The van der Waals surface area contributed by atoms with E-state index < -0.39 is 0 Å². The van der Waals surface area contributed by atoms with Gasteiger partial charge >= 0.3 is 0 Å². The number of piperidine rings is 1. The Morgan fingerprint density at radius 1 is 1.00 bits per heavy atom. The van der Waals surface area contributed by atoms with Crippen LogP contribution in [0.4, 0.5) is 0 Å².